The van der Waals surface area contributed by atoms with E-state index in [4.69, 9.17) is 4.74 Å². The smallest absolute Gasteiger partial charge is 0.236 e. The number of ether oxygens (including phenoxy) is 1. The van der Waals surface area contributed by atoms with Gasteiger partial charge in [-0.3, -0.25) is 14.5 Å². The molecule has 3 rings (SSSR count). The van der Waals surface area contributed by atoms with Crippen LogP contribution in [0.15, 0.2) is 18.2 Å². The van der Waals surface area contributed by atoms with Crippen molar-refractivity contribution in [1.82, 2.24) is 9.80 Å². The van der Waals surface area contributed by atoms with E-state index >= 15 is 0 Å². The summed E-state index contributed by atoms with van der Waals surface area (Å²) in [6.07, 6.45) is 1.78. The van der Waals surface area contributed by atoms with Crippen molar-refractivity contribution in [2.45, 2.75) is 39.7 Å². The van der Waals surface area contributed by atoms with Crippen LogP contribution in [0, 0.1) is 19.8 Å². The number of ketones is 1. The Bertz CT molecular complexity index is 665. The second-order valence-corrected chi connectivity index (χ2v) is 7.75. The first-order valence-corrected chi connectivity index (χ1v) is 9.67. The second kappa shape index (κ2) is 8.31. The van der Waals surface area contributed by atoms with Gasteiger partial charge in [0.05, 0.1) is 19.3 Å². The zero-order valence-corrected chi connectivity index (χ0v) is 16.2. The number of carbonyl (C=O) groups excluding carboxylic acids is 2. The molecule has 1 amide bonds. The van der Waals surface area contributed by atoms with Crippen molar-refractivity contribution in [2.24, 2.45) is 5.92 Å². The lowest BCUT2D eigenvalue weighted by Gasteiger charge is -2.35. The van der Waals surface area contributed by atoms with Crippen LogP contribution in [0.1, 0.15) is 41.3 Å². The van der Waals surface area contributed by atoms with Crippen LogP contribution in [0.4, 0.5) is 0 Å². The Morgan fingerprint density at radius 2 is 1.88 bits per heavy atom. The number of piperidine rings is 1. The molecular weight excluding hydrogens is 328 g/mol. The van der Waals surface area contributed by atoms with Crippen LogP contribution in [-0.4, -0.2) is 66.9 Å². The number of likely N-dealkylation sites (tertiary alicyclic amines) is 1. The van der Waals surface area contributed by atoms with Crippen LogP contribution in [0.25, 0.3) is 0 Å². The number of carbonyl (C=O) groups is 2. The van der Waals surface area contributed by atoms with Gasteiger partial charge in [0, 0.05) is 24.6 Å². The van der Waals surface area contributed by atoms with Gasteiger partial charge in [0.1, 0.15) is 0 Å². The molecule has 1 atom stereocenters. The number of hydrogen-bond donors (Lipinski definition) is 0. The van der Waals surface area contributed by atoms with Crippen molar-refractivity contribution in [2.75, 3.05) is 39.3 Å². The van der Waals surface area contributed by atoms with Gasteiger partial charge in [0.25, 0.3) is 0 Å². The molecule has 2 fully saturated rings. The van der Waals surface area contributed by atoms with Gasteiger partial charge in [-0.1, -0.05) is 23.8 Å². The molecule has 2 aliphatic rings. The van der Waals surface area contributed by atoms with Crippen molar-refractivity contribution in [1.29, 1.82) is 0 Å². The van der Waals surface area contributed by atoms with Gasteiger partial charge < -0.3 is 9.64 Å². The maximum absolute atomic E-state index is 12.8. The first kappa shape index (κ1) is 19.1. The predicted octanol–water partition coefficient (Wildman–Crippen LogP) is 2.45. The van der Waals surface area contributed by atoms with Crippen molar-refractivity contribution in [3.63, 3.8) is 0 Å². The lowest BCUT2D eigenvalue weighted by atomic mass is 9.87. The van der Waals surface area contributed by atoms with E-state index < -0.39 is 0 Å². The summed E-state index contributed by atoms with van der Waals surface area (Å²) in [6, 6.07) is 6.05. The Morgan fingerprint density at radius 1 is 1.15 bits per heavy atom. The first-order valence-electron chi connectivity index (χ1n) is 9.67. The van der Waals surface area contributed by atoms with E-state index in [0.717, 1.165) is 37.1 Å². The Hall–Kier alpha value is -1.72. The highest BCUT2D eigenvalue weighted by Gasteiger charge is 2.29. The van der Waals surface area contributed by atoms with Gasteiger partial charge in [0.2, 0.25) is 5.91 Å². The van der Waals surface area contributed by atoms with Gasteiger partial charge in [-0.15, -0.1) is 0 Å². The topological polar surface area (TPSA) is 49.9 Å². The number of amides is 1. The van der Waals surface area contributed by atoms with Crippen LogP contribution >= 0.6 is 0 Å². The molecule has 2 saturated heterocycles. The van der Waals surface area contributed by atoms with Crippen LogP contribution in [-0.2, 0) is 9.53 Å². The Labute approximate surface area is 156 Å². The largest absolute Gasteiger partial charge is 0.375 e. The van der Waals surface area contributed by atoms with Gasteiger partial charge in [0.15, 0.2) is 5.78 Å². The maximum atomic E-state index is 12.8. The summed E-state index contributed by atoms with van der Waals surface area (Å²) in [7, 11) is 0. The molecule has 1 aromatic carbocycles. The molecule has 5 nitrogen and oxygen atoms in total. The predicted molar refractivity (Wildman–Crippen MR) is 101 cm³/mol. The Morgan fingerprint density at radius 3 is 2.54 bits per heavy atom. The van der Waals surface area contributed by atoms with Gasteiger partial charge in [-0.2, -0.15) is 0 Å². The van der Waals surface area contributed by atoms with E-state index in [2.05, 4.69) is 11.0 Å². The molecular formula is C21H30N2O3. The van der Waals surface area contributed by atoms with Crippen LogP contribution in [0.2, 0.25) is 0 Å². The summed E-state index contributed by atoms with van der Waals surface area (Å²) in [5.74, 6) is 0.515. The summed E-state index contributed by atoms with van der Waals surface area (Å²) in [4.78, 5) is 29.4. The number of aryl methyl sites for hydroxylation is 2. The molecule has 142 valence electrons. The summed E-state index contributed by atoms with van der Waals surface area (Å²) in [5, 5.41) is 0. The number of Topliss-reactive ketones (excluding diaryl/α,β-unsaturated/α-hetero) is 1. The lowest BCUT2D eigenvalue weighted by molar-refractivity contribution is -0.139. The van der Waals surface area contributed by atoms with E-state index in [9.17, 15) is 9.59 Å². The third-order valence-electron chi connectivity index (χ3n) is 5.56. The molecule has 26 heavy (non-hydrogen) atoms. The van der Waals surface area contributed by atoms with Crippen LogP contribution < -0.4 is 0 Å². The quantitative estimate of drug-likeness (QED) is 0.776. The minimum absolute atomic E-state index is 0.0752. The number of hydrogen-bond acceptors (Lipinski definition) is 4. The molecule has 2 heterocycles. The Balaban J connectivity index is 1.51. The highest BCUT2D eigenvalue weighted by Crippen LogP contribution is 2.24. The molecule has 0 saturated carbocycles. The SMILES string of the molecule is Cc1ccc(C(=O)C2CCN(CC(=O)N3CCO[C@@H](C)C3)CC2)c(C)c1. The molecule has 2 aliphatic heterocycles. The van der Waals surface area contributed by atoms with E-state index in [-0.39, 0.29) is 23.7 Å². The van der Waals surface area contributed by atoms with Crippen molar-refractivity contribution >= 4 is 11.7 Å². The van der Waals surface area contributed by atoms with Gasteiger partial charge in [-0.25, -0.2) is 0 Å². The normalized spacial score (nSPS) is 22.4. The van der Waals surface area contributed by atoms with Crippen LogP contribution in [0.3, 0.4) is 0 Å². The van der Waals surface area contributed by atoms with E-state index in [1.165, 1.54) is 5.56 Å². The van der Waals surface area contributed by atoms with Gasteiger partial charge >= 0.3 is 0 Å². The molecule has 0 aromatic heterocycles. The van der Waals surface area contributed by atoms with Crippen molar-refractivity contribution in [3.8, 4) is 0 Å². The minimum atomic E-state index is 0.0752. The number of morpholine rings is 1. The fourth-order valence-electron chi connectivity index (χ4n) is 4.00. The molecule has 0 unspecified atom stereocenters. The fourth-order valence-corrected chi connectivity index (χ4v) is 4.00. The standard InChI is InChI=1S/C21H30N2O3/c1-15-4-5-19(16(2)12-15)21(25)18-6-8-22(9-7-18)14-20(24)23-10-11-26-17(3)13-23/h4-5,12,17-18H,6-11,13-14H2,1-3H3/t17-/m0/s1. The third-order valence-corrected chi connectivity index (χ3v) is 5.56. The molecule has 1 aromatic rings. The molecule has 0 bridgehead atoms. The maximum Gasteiger partial charge on any atom is 0.236 e. The van der Waals surface area contributed by atoms with Gasteiger partial charge in [-0.05, 0) is 52.3 Å². The third kappa shape index (κ3) is 4.51. The fraction of sp³-hybridized carbons (Fsp3) is 0.619. The lowest BCUT2D eigenvalue weighted by Crippen LogP contribution is -2.49. The van der Waals surface area contributed by atoms with Crippen molar-refractivity contribution in [3.05, 3.63) is 34.9 Å². The summed E-state index contributed by atoms with van der Waals surface area (Å²) >= 11 is 0. The van der Waals surface area contributed by atoms with E-state index in [0.29, 0.717) is 26.2 Å². The average molecular weight is 358 g/mol. The minimum Gasteiger partial charge on any atom is -0.375 e. The molecule has 5 heteroatoms. The number of benzene rings is 1. The second-order valence-electron chi connectivity index (χ2n) is 7.75. The zero-order valence-electron chi connectivity index (χ0n) is 16.2. The molecule has 0 aliphatic carbocycles. The molecule has 0 radical (unpaired) electrons. The molecule has 0 spiro atoms. The zero-order chi connectivity index (χ0) is 18.7. The number of rotatable bonds is 4. The van der Waals surface area contributed by atoms with E-state index in [1.807, 2.05) is 37.8 Å². The van der Waals surface area contributed by atoms with Crippen molar-refractivity contribution < 1.29 is 14.3 Å². The summed E-state index contributed by atoms with van der Waals surface area (Å²) in [5.41, 5.74) is 3.10. The summed E-state index contributed by atoms with van der Waals surface area (Å²) in [6.45, 7) is 10.1. The average Bonchev–Trinajstić information content (AvgIpc) is 2.62. The monoisotopic (exact) mass is 358 g/mol. The number of nitrogens with zero attached hydrogens (tertiary/aromatic N) is 2. The summed E-state index contributed by atoms with van der Waals surface area (Å²) < 4.78 is 5.50. The first-order chi connectivity index (χ1) is 12.4. The Kier molecular flexibility index (Phi) is 6.09. The molecule has 0 N–H and O–H groups in total. The highest BCUT2D eigenvalue weighted by molar-refractivity contribution is 5.99. The van der Waals surface area contributed by atoms with E-state index in [1.54, 1.807) is 0 Å². The highest BCUT2D eigenvalue weighted by atomic mass is 16.5. The van der Waals surface area contributed by atoms with Crippen LogP contribution in [0.5, 0.6) is 0 Å².